The Morgan fingerprint density at radius 2 is 1.43 bits per heavy atom. The number of benzene rings is 3. The maximum atomic E-state index is 13.6. The first kappa shape index (κ1) is 26.5. The fourth-order valence-corrected chi connectivity index (χ4v) is 5.10. The number of hydrogen-bond acceptors (Lipinski definition) is 4. The Hall–Kier alpha value is -3.07. The topological polar surface area (TPSA) is 86.8 Å². The number of sulfonamides is 1. The normalized spacial score (nSPS) is 12.0. The molecule has 3 aromatic rings. The highest BCUT2D eigenvalue weighted by Crippen LogP contribution is 2.25. The Morgan fingerprint density at radius 3 is 1.97 bits per heavy atom. The zero-order valence-corrected chi connectivity index (χ0v) is 21.5. The average Bonchev–Trinajstić information content (AvgIpc) is 2.86. The summed E-state index contributed by atoms with van der Waals surface area (Å²) in [6, 6.07) is 20.1. The van der Waals surface area contributed by atoms with Crippen molar-refractivity contribution < 1.29 is 18.0 Å². The zero-order valence-electron chi connectivity index (χ0n) is 19.2. The maximum absolute atomic E-state index is 13.6. The van der Waals surface area contributed by atoms with Gasteiger partial charge in [0.2, 0.25) is 11.8 Å². The van der Waals surface area contributed by atoms with Crippen molar-refractivity contribution in [2.45, 2.75) is 24.4 Å². The Morgan fingerprint density at radius 1 is 0.886 bits per heavy atom. The van der Waals surface area contributed by atoms with Crippen LogP contribution in [0.3, 0.4) is 0 Å². The van der Waals surface area contributed by atoms with Gasteiger partial charge in [-0.1, -0.05) is 53.5 Å². The van der Waals surface area contributed by atoms with Crippen molar-refractivity contribution in [1.82, 2.24) is 10.2 Å². The second kappa shape index (κ2) is 11.6. The minimum atomic E-state index is -4.12. The van der Waals surface area contributed by atoms with E-state index in [9.17, 15) is 18.0 Å². The predicted octanol–water partition coefficient (Wildman–Crippen LogP) is 4.35. The molecular weight excluding hydrogens is 509 g/mol. The van der Waals surface area contributed by atoms with Crippen LogP contribution in [0.25, 0.3) is 0 Å². The summed E-state index contributed by atoms with van der Waals surface area (Å²) in [5.41, 5.74) is 1.06. The van der Waals surface area contributed by atoms with Crippen LogP contribution in [0.15, 0.2) is 83.8 Å². The van der Waals surface area contributed by atoms with Gasteiger partial charge in [-0.2, -0.15) is 0 Å². The van der Waals surface area contributed by atoms with Crippen LogP contribution in [0.5, 0.6) is 0 Å². The molecule has 0 aromatic heterocycles. The number of nitrogens with one attached hydrogen (secondary N) is 1. The second-order valence-corrected chi connectivity index (χ2v) is 10.5. The molecule has 0 fully saturated rings. The lowest BCUT2D eigenvalue weighted by molar-refractivity contribution is -0.139. The molecule has 0 saturated heterocycles. The maximum Gasteiger partial charge on any atom is 0.264 e. The van der Waals surface area contributed by atoms with Crippen LogP contribution >= 0.6 is 23.2 Å². The third-order valence-corrected chi connectivity index (χ3v) is 7.70. The summed E-state index contributed by atoms with van der Waals surface area (Å²) in [6.07, 6.45) is 0. The summed E-state index contributed by atoms with van der Waals surface area (Å²) in [5.74, 6) is -0.920. The van der Waals surface area contributed by atoms with E-state index in [0.717, 1.165) is 9.87 Å². The third kappa shape index (κ3) is 6.54. The van der Waals surface area contributed by atoms with E-state index in [1.807, 2.05) is 0 Å². The van der Waals surface area contributed by atoms with Crippen LogP contribution in [0.4, 0.5) is 5.69 Å². The number of anilines is 1. The van der Waals surface area contributed by atoms with Gasteiger partial charge in [0, 0.05) is 23.6 Å². The molecular formula is C25H25Cl2N3O4S. The number of halogens is 2. The van der Waals surface area contributed by atoms with Gasteiger partial charge in [0.15, 0.2) is 0 Å². The molecule has 0 bridgehead atoms. The largest absolute Gasteiger partial charge is 0.357 e. The van der Waals surface area contributed by atoms with Crippen LogP contribution in [-0.4, -0.2) is 44.8 Å². The van der Waals surface area contributed by atoms with E-state index in [0.29, 0.717) is 15.7 Å². The van der Waals surface area contributed by atoms with Gasteiger partial charge in [-0.25, -0.2) is 8.42 Å². The van der Waals surface area contributed by atoms with Crippen molar-refractivity contribution in [2.24, 2.45) is 0 Å². The first-order valence-corrected chi connectivity index (χ1v) is 12.9. The number of nitrogens with zero attached hydrogens (tertiary/aromatic N) is 2. The highest BCUT2D eigenvalue weighted by atomic mass is 35.5. The lowest BCUT2D eigenvalue weighted by Gasteiger charge is -2.31. The van der Waals surface area contributed by atoms with Gasteiger partial charge in [-0.05, 0) is 61.0 Å². The lowest BCUT2D eigenvalue weighted by Crippen LogP contribution is -2.50. The van der Waals surface area contributed by atoms with E-state index in [2.05, 4.69) is 5.32 Å². The number of carbonyl (C=O) groups is 2. The Balaban J connectivity index is 1.99. The Labute approximate surface area is 215 Å². The molecule has 0 heterocycles. The van der Waals surface area contributed by atoms with Crippen molar-refractivity contribution in [2.75, 3.05) is 17.9 Å². The number of para-hydroxylation sites is 1. The molecule has 0 unspecified atom stereocenters. The van der Waals surface area contributed by atoms with Crippen LogP contribution in [0.2, 0.25) is 10.0 Å². The molecule has 0 spiro atoms. The van der Waals surface area contributed by atoms with Gasteiger partial charge in [0.05, 0.1) is 10.6 Å². The van der Waals surface area contributed by atoms with E-state index in [1.54, 1.807) is 61.5 Å². The fourth-order valence-electron chi connectivity index (χ4n) is 3.43. The van der Waals surface area contributed by atoms with Gasteiger partial charge in [-0.3, -0.25) is 13.9 Å². The lowest BCUT2D eigenvalue weighted by atomic mass is 10.1. The fraction of sp³-hybridized carbons (Fsp3) is 0.200. The summed E-state index contributed by atoms with van der Waals surface area (Å²) in [7, 11) is -2.64. The molecule has 0 radical (unpaired) electrons. The smallest absolute Gasteiger partial charge is 0.264 e. The Bertz CT molecular complexity index is 1270. The van der Waals surface area contributed by atoms with Gasteiger partial charge < -0.3 is 10.2 Å². The summed E-state index contributed by atoms with van der Waals surface area (Å²) in [6.45, 7) is 1.17. The van der Waals surface area contributed by atoms with E-state index in [-0.39, 0.29) is 17.3 Å². The van der Waals surface area contributed by atoms with Gasteiger partial charge in [0.1, 0.15) is 12.6 Å². The number of rotatable bonds is 9. The van der Waals surface area contributed by atoms with Gasteiger partial charge in [0.25, 0.3) is 10.0 Å². The van der Waals surface area contributed by atoms with Crippen molar-refractivity contribution >= 4 is 50.7 Å². The van der Waals surface area contributed by atoms with Crippen molar-refractivity contribution in [3.63, 3.8) is 0 Å². The van der Waals surface area contributed by atoms with Crippen molar-refractivity contribution in [1.29, 1.82) is 0 Å². The number of amides is 2. The second-order valence-electron chi connectivity index (χ2n) is 7.74. The number of carbonyl (C=O) groups excluding carboxylic acids is 2. The first-order chi connectivity index (χ1) is 16.6. The summed E-state index contributed by atoms with van der Waals surface area (Å²) in [4.78, 5) is 27.4. The van der Waals surface area contributed by atoms with Crippen LogP contribution in [-0.2, 0) is 26.2 Å². The monoisotopic (exact) mass is 533 g/mol. The minimum Gasteiger partial charge on any atom is -0.357 e. The summed E-state index contributed by atoms with van der Waals surface area (Å²) in [5, 5.41) is 3.47. The van der Waals surface area contributed by atoms with E-state index in [4.69, 9.17) is 23.2 Å². The number of hydrogen-bond donors (Lipinski definition) is 1. The molecule has 3 rings (SSSR count). The first-order valence-electron chi connectivity index (χ1n) is 10.7. The molecule has 0 aliphatic heterocycles. The van der Waals surface area contributed by atoms with E-state index in [1.165, 1.54) is 36.2 Å². The number of likely N-dealkylation sites (N-methyl/N-ethyl adjacent to an activating group) is 1. The SMILES string of the molecule is CNC(=O)[C@H](C)N(Cc1ccc(Cl)cc1)C(=O)CN(c1ccccc1)S(=O)(=O)c1ccc(Cl)cc1. The molecule has 10 heteroatoms. The quantitative estimate of drug-likeness (QED) is 0.442. The van der Waals surface area contributed by atoms with Crippen molar-refractivity contribution in [3.8, 4) is 0 Å². The molecule has 184 valence electrons. The van der Waals surface area contributed by atoms with Gasteiger partial charge in [-0.15, -0.1) is 0 Å². The molecule has 0 aliphatic rings. The van der Waals surface area contributed by atoms with Crippen LogP contribution < -0.4 is 9.62 Å². The summed E-state index contributed by atoms with van der Waals surface area (Å²) >= 11 is 11.9. The Kier molecular flexibility index (Phi) is 8.77. The molecule has 1 N–H and O–H groups in total. The average molecular weight is 534 g/mol. The van der Waals surface area contributed by atoms with Gasteiger partial charge >= 0.3 is 0 Å². The molecule has 1 atom stereocenters. The third-order valence-electron chi connectivity index (χ3n) is 5.40. The molecule has 7 nitrogen and oxygen atoms in total. The zero-order chi connectivity index (χ0) is 25.6. The molecule has 0 aliphatic carbocycles. The molecule has 0 saturated carbocycles. The van der Waals surface area contributed by atoms with E-state index < -0.39 is 28.5 Å². The van der Waals surface area contributed by atoms with E-state index >= 15 is 0 Å². The highest BCUT2D eigenvalue weighted by Gasteiger charge is 2.32. The summed E-state index contributed by atoms with van der Waals surface area (Å²) < 4.78 is 28.2. The molecule has 2 amide bonds. The molecule has 3 aromatic carbocycles. The van der Waals surface area contributed by atoms with Crippen LogP contribution in [0, 0.1) is 0 Å². The molecule has 35 heavy (non-hydrogen) atoms. The van der Waals surface area contributed by atoms with Crippen LogP contribution in [0.1, 0.15) is 12.5 Å². The minimum absolute atomic E-state index is 0.0119. The highest BCUT2D eigenvalue weighted by molar-refractivity contribution is 7.92. The standard InChI is InChI=1S/C25H25Cl2N3O4S/c1-18(25(32)28-2)29(16-19-8-10-20(26)11-9-19)24(31)17-30(22-6-4-3-5-7-22)35(33,34)23-14-12-21(27)13-15-23/h3-15,18H,16-17H2,1-2H3,(H,28,32)/t18-/m0/s1. The predicted molar refractivity (Wildman–Crippen MR) is 138 cm³/mol. The van der Waals surface area contributed by atoms with Crippen molar-refractivity contribution in [3.05, 3.63) is 94.5 Å².